The Hall–Kier alpha value is -2.03. The van der Waals surface area contributed by atoms with E-state index in [9.17, 15) is 0 Å². The summed E-state index contributed by atoms with van der Waals surface area (Å²) in [6, 6.07) is 12.1. The highest BCUT2D eigenvalue weighted by molar-refractivity contribution is 5.27. The summed E-state index contributed by atoms with van der Waals surface area (Å²) in [6.07, 6.45) is 5.04. The maximum atomic E-state index is 5.73. The van der Waals surface area contributed by atoms with E-state index in [1.165, 1.54) is 11.1 Å². The molecule has 0 N–H and O–H groups in total. The average Bonchev–Trinajstić information content (AvgIpc) is 2.48. The first-order valence-electron chi connectivity index (χ1n) is 6.96. The Morgan fingerprint density at radius 1 is 1.10 bits per heavy atom. The number of ether oxygens (including phenoxy) is 2. The lowest BCUT2D eigenvalue weighted by Crippen LogP contribution is -1.98. The molecule has 1 aromatic heterocycles. The molecule has 20 heavy (non-hydrogen) atoms. The van der Waals surface area contributed by atoms with Gasteiger partial charge in [0.05, 0.1) is 13.7 Å². The number of rotatable bonds is 7. The van der Waals surface area contributed by atoms with E-state index in [1.54, 1.807) is 7.11 Å². The molecule has 0 unspecified atom stereocenters. The largest absolute Gasteiger partial charge is 0.494 e. The normalized spacial score (nSPS) is 10.3. The molecule has 0 spiro atoms. The van der Waals surface area contributed by atoms with Crippen LogP contribution >= 0.6 is 0 Å². The molecule has 0 aliphatic heterocycles. The quantitative estimate of drug-likeness (QED) is 0.718. The Balaban J connectivity index is 1.66. The van der Waals surface area contributed by atoms with E-state index in [0.29, 0.717) is 5.88 Å². The molecule has 0 fully saturated rings. The molecule has 3 heteroatoms. The molecule has 3 nitrogen and oxygen atoms in total. The monoisotopic (exact) mass is 271 g/mol. The second-order valence-electron chi connectivity index (χ2n) is 4.83. The van der Waals surface area contributed by atoms with Gasteiger partial charge in [-0.05, 0) is 49.4 Å². The molecule has 0 saturated heterocycles. The predicted molar refractivity (Wildman–Crippen MR) is 80.4 cm³/mol. The van der Waals surface area contributed by atoms with Crippen LogP contribution in [0.15, 0.2) is 42.6 Å². The Labute approximate surface area is 120 Å². The van der Waals surface area contributed by atoms with Crippen molar-refractivity contribution in [2.75, 3.05) is 13.7 Å². The maximum absolute atomic E-state index is 5.73. The first-order chi connectivity index (χ1) is 9.78. The number of pyridine rings is 1. The number of aryl methyl sites for hydroxylation is 2. The van der Waals surface area contributed by atoms with Gasteiger partial charge in [-0.15, -0.1) is 0 Å². The smallest absolute Gasteiger partial charge is 0.212 e. The van der Waals surface area contributed by atoms with Gasteiger partial charge < -0.3 is 9.47 Å². The van der Waals surface area contributed by atoms with Gasteiger partial charge >= 0.3 is 0 Å². The van der Waals surface area contributed by atoms with E-state index in [1.807, 2.05) is 24.4 Å². The van der Waals surface area contributed by atoms with E-state index < -0.39 is 0 Å². The highest BCUT2D eigenvalue weighted by atomic mass is 16.5. The number of hydrogen-bond donors (Lipinski definition) is 0. The third kappa shape index (κ3) is 4.57. The summed E-state index contributed by atoms with van der Waals surface area (Å²) in [7, 11) is 1.63. The third-order valence-electron chi connectivity index (χ3n) is 3.12. The van der Waals surface area contributed by atoms with Gasteiger partial charge in [-0.1, -0.05) is 18.2 Å². The third-order valence-corrected chi connectivity index (χ3v) is 3.12. The van der Waals surface area contributed by atoms with Crippen molar-refractivity contribution in [3.63, 3.8) is 0 Å². The average molecular weight is 271 g/mol. The van der Waals surface area contributed by atoms with Gasteiger partial charge in [0, 0.05) is 12.3 Å². The number of unbranched alkanes of at least 4 members (excludes halogenated alkanes) is 1. The fourth-order valence-corrected chi connectivity index (χ4v) is 2.01. The van der Waals surface area contributed by atoms with Crippen LogP contribution in [0.25, 0.3) is 0 Å². The zero-order chi connectivity index (χ0) is 14.2. The molecular weight excluding hydrogens is 250 g/mol. The first-order valence-corrected chi connectivity index (χ1v) is 6.96. The second-order valence-corrected chi connectivity index (χ2v) is 4.83. The Kier molecular flexibility index (Phi) is 5.42. The van der Waals surface area contributed by atoms with E-state index >= 15 is 0 Å². The molecule has 0 aliphatic carbocycles. The SMILES string of the molecule is COc1ccc(CCCCOc2cccc(C)c2)cn1. The lowest BCUT2D eigenvalue weighted by molar-refractivity contribution is 0.306. The van der Waals surface area contributed by atoms with Crippen LogP contribution in [0.3, 0.4) is 0 Å². The number of hydrogen-bond acceptors (Lipinski definition) is 3. The van der Waals surface area contributed by atoms with Crippen molar-refractivity contribution in [3.05, 3.63) is 53.7 Å². The lowest BCUT2D eigenvalue weighted by atomic mass is 10.1. The van der Waals surface area contributed by atoms with Crippen LogP contribution in [0.1, 0.15) is 24.0 Å². The Morgan fingerprint density at radius 2 is 2.00 bits per heavy atom. The van der Waals surface area contributed by atoms with Crippen molar-refractivity contribution >= 4 is 0 Å². The number of nitrogens with zero attached hydrogens (tertiary/aromatic N) is 1. The van der Waals surface area contributed by atoms with Crippen molar-refractivity contribution in [1.29, 1.82) is 0 Å². The zero-order valence-corrected chi connectivity index (χ0v) is 12.1. The van der Waals surface area contributed by atoms with Crippen LogP contribution in [0.2, 0.25) is 0 Å². The van der Waals surface area contributed by atoms with Gasteiger partial charge in [0.2, 0.25) is 5.88 Å². The van der Waals surface area contributed by atoms with Crippen molar-refractivity contribution in [2.45, 2.75) is 26.2 Å². The minimum atomic E-state index is 0.663. The van der Waals surface area contributed by atoms with Crippen LogP contribution in [0, 0.1) is 6.92 Å². The van der Waals surface area contributed by atoms with E-state index in [0.717, 1.165) is 31.6 Å². The molecule has 1 heterocycles. The summed E-state index contributed by atoms with van der Waals surface area (Å²) in [5.74, 6) is 1.62. The summed E-state index contributed by atoms with van der Waals surface area (Å²) in [5, 5.41) is 0. The molecule has 2 aromatic rings. The van der Waals surface area contributed by atoms with Crippen molar-refractivity contribution in [3.8, 4) is 11.6 Å². The van der Waals surface area contributed by atoms with Crippen molar-refractivity contribution < 1.29 is 9.47 Å². The first kappa shape index (κ1) is 14.4. The van der Waals surface area contributed by atoms with Crippen LogP contribution in [0.4, 0.5) is 0 Å². The van der Waals surface area contributed by atoms with Crippen LogP contribution in [-0.4, -0.2) is 18.7 Å². The molecule has 106 valence electrons. The minimum Gasteiger partial charge on any atom is -0.494 e. The molecule has 1 aromatic carbocycles. The molecule has 0 amide bonds. The van der Waals surface area contributed by atoms with Gasteiger partial charge in [0.1, 0.15) is 5.75 Å². The van der Waals surface area contributed by atoms with Gasteiger partial charge in [0.15, 0.2) is 0 Å². The Bertz CT molecular complexity index is 523. The van der Waals surface area contributed by atoms with Gasteiger partial charge in [0.25, 0.3) is 0 Å². The summed E-state index contributed by atoms with van der Waals surface area (Å²) in [6.45, 7) is 2.83. The molecule has 0 bridgehead atoms. The summed E-state index contributed by atoms with van der Waals surface area (Å²) in [4.78, 5) is 4.20. The molecule has 0 atom stereocenters. The Morgan fingerprint density at radius 3 is 2.70 bits per heavy atom. The van der Waals surface area contributed by atoms with Crippen molar-refractivity contribution in [1.82, 2.24) is 4.98 Å². The van der Waals surface area contributed by atoms with Gasteiger partial charge in [-0.2, -0.15) is 0 Å². The zero-order valence-electron chi connectivity index (χ0n) is 12.1. The molecule has 0 saturated carbocycles. The van der Waals surface area contributed by atoms with Crippen molar-refractivity contribution in [2.24, 2.45) is 0 Å². The second kappa shape index (κ2) is 7.53. The van der Waals surface area contributed by atoms with Crippen LogP contribution < -0.4 is 9.47 Å². The lowest BCUT2D eigenvalue weighted by Gasteiger charge is -2.07. The summed E-state index contributed by atoms with van der Waals surface area (Å²) >= 11 is 0. The molecular formula is C17H21NO2. The minimum absolute atomic E-state index is 0.663. The molecule has 0 radical (unpaired) electrons. The number of methoxy groups -OCH3 is 1. The number of benzene rings is 1. The van der Waals surface area contributed by atoms with Gasteiger partial charge in [-0.25, -0.2) is 4.98 Å². The fourth-order valence-electron chi connectivity index (χ4n) is 2.01. The van der Waals surface area contributed by atoms with Crippen LogP contribution in [-0.2, 0) is 6.42 Å². The van der Waals surface area contributed by atoms with E-state index in [-0.39, 0.29) is 0 Å². The van der Waals surface area contributed by atoms with E-state index in [4.69, 9.17) is 9.47 Å². The predicted octanol–water partition coefficient (Wildman–Crippen LogP) is 3.80. The number of aromatic nitrogens is 1. The fraction of sp³-hybridized carbons (Fsp3) is 0.353. The van der Waals surface area contributed by atoms with Gasteiger partial charge in [-0.3, -0.25) is 0 Å². The highest BCUT2D eigenvalue weighted by Crippen LogP contribution is 2.13. The topological polar surface area (TPSA) is 31.4 Å². The summed E-state index contributed by atoms with van der Waals surface area (Å²) in [5.41, 5.74) is 2.47. The van der Waals surface area contributed by atoms with E-state index in [2.05, 4.69) is 30.1 Å². The molecule has 2 rings (SSSR count). The molecule has 0 aliphatic rings. The highest BCUT2D eigenvalue weighted by Gasteiger charge is 1.97. The van der Waals surface area contributed by atoms with Crippen LogP contribution in [0.5, 0.6) is 11.6 Å². The standard InChI is InChI=1S/C17H21NO2/c1-14-6-5-8-16(12-14)20-11-4-3-7-15-9-10-17(19-2)18-13-15/h5-6,8-10,12-13H,3-4,7,11H2,1-2H3. The maximum Gasteiger partial charge on any atom is 0.212 e. The summed E-state index contributed by atoms with van der Waals surface area (Å²) < 4.78 is 10.8.